The predicted molar refractivity (Wildman–Crippen MR) is 74.6 cm³/mol. The zero-order valence-corrected chi connectivity index (χ0v) is 11.3. The molecule has 0 fully saturated rings. The first-order chi connectivity index (χ1) is 8.57. The number of anilines is 1. The minimum atomic E-state index is -3.36. The lowest BCUT2D eigenvalue weighted by atomic mass is 10.2. The van der Waals surface area contributed by atoms with Gasteiger partial charge in [-0.05, 0) is 23.1 Å². The third kappa shape index (κ3) is 3.56. The molecule has 2 rings (SSSR count). The number of nitrogens with one attached hydrogen (secondary N) is 1. The Hall–Kier alpha value is -1.37. The van der Waals surface area contributed by atoms with Crippen LogP contribution in [0.3, 0.4) is 0 Å². The molecule has 1 heterocycles. The van der Waals surface area contributed by atoms with Crippen molar-refractivity contribution in [3.63, 3.8) is 0 Å². The minimum Gasteiger partial charge on any atom is -0.398 e. The topological polar surface area (TPSA) is 72.2 Å². The number of rotatable bonds is 5. The van der Waals surface area contributed by atoms with Crippen LogP contribution in [-0.2, 0) is 22.3 Å². The van der Waals surface area contributed by atoms with Gasteiger partial charge in [0.2, 0.25) is 10.0 Å². The molecule has 0 saturated carbocycles. The maximum Gasteiger partial charge on any atom is 0.216 e. The fourth-order valence-electron chi connectivity index (χ4n) is 1.52. The summed E-state index contributed by atoms with van der Waals surface area (Å²) in [5, 5.41) is 1.92. The molecule has 18 heavy (non-hydrogen) atoms. The van der Waals surface area contributed by atoms with Crippen molar-refractivity contribution in [2.24, 2.45) is 0 Å². The molecule has 0 aliphatic heterocycles. The molecule has 3 N–H and O–H groups in total. The largest absolute Gasteiger partial charge is 0.398 e. The number of benzene rings is 1. The van der Waals surface area contributed by atoms with Crippen LogP contribution < -0.4 is 10.5 Å². The van der Waals surface area contributed by atoms with E-state index in [4.69, 9.17) is 5.73 Å². The average Bonchev–Trinajstić information content (AvgIpc) is 2.83. The highest BCUT2D eigenvalue weighted by atomic mass is 32.2. The van der Waals surface area contributed by atoms with Crippen LogP contribution in [-0.4, -0.2) is 8.42 Å². The van der Waals surface area contributed by atoms with Crippen molar-refractivity contribution in [3.8, 4) is 0 Å². The lowest BCUT2D eigenvalue weighted by molar-refractivity contribution is 0.581. The number of para-hydroxylation sites is 1. The Morgan fingerprint density at radius 2 is 1.94 bits per heavy atom. The number of thiophene rings is 1. The monoisotopic (exact) mass is 282 g/mol. The standard InChI is InChI=1S/C12H14N2O2S2/c13-12-6-2-1-4-10(12)9-18(15,16)14-8-11-5-3-7-17-11/h1-7,14H,8-9,13H2. The van der Waals surface area contributed by atoms with Crippen LogP contribution in [0, 0.1) is 0 Å². The molecular weight excluding hydrogens is 268 g/mol. The van der Waals surface area contributed by atoms with Gasteiger partial charge in [0.15, 0.2) is 0 Å². The minimum absolute atomic E-state index is 0.0922. The van der Waals surface area contributed by atoms with Crippen molar-refractivity contribution in [3.05, 3.63) is 52.2 Å². The summed E-state index contributed by atoms with van der Waals surface area (Å²) in [6.45, 7) is 0.326. The summed E-state index contributed by atoms with van der Waals surface area (Å²) < 4.78 is 26.3. The lowest BCUT2D eigenvalue weighted by Gasteiger charge is -2.07. The van der Waals surface area contributed by atoms with Crippen molar-refractivity contribution < 1.29 is 8.42 Å². The maximum atomic E-state index is 11.9. The van der Waals surface area contributed by atoms with Gasteiger partial charge in [-0.25, -0.2) is 13.1 Å². The molecule has 0 radical (unpaired) electrons. The molecule has 0 spiro atoms. The van der Waals surface area contributed by atoms with Gasteiger partial charge in [-0.1, -0.05) is 24.3 Å². The highest BCUT2D eigenvalue weighted by Crippen LogP contribution is 2.14. The molecule has 1 aromatic heterocycles. The van der Waals surface area contributed by atoms with Crippen molar-refractivity contribution >= 4 is 27.0 Å². The second kappa shape index (κ2) is 5.51. The first-order valence-electron chi connectivity index (χ1n) is 5.40. The Morgan fingerprint density at radius 3 is 2.61 bits per heavy atom. The molecule has 0 unspecified atom stereocenters. The van der Waals surface area contributed by atoms with Gasteiger partial charge in [0.25, 0.3) is 0 Å². The summed E-state index contributed by atoms with van der Waals surface area (Å²) in [5.74, 6) is -0.0922. The predicted octanol–water partition coefficient (Wildman–Crippen LogP) is 1.95. The van der Waals surface area contributed by atoms with Gasteiger partial charge in [-0.3, -0.25) is 0 Å². The molecule has 0 amide bonds. The van der Waals surface area contributed by atoms with Crippen molar-refractivity contribution in [2.45, 2.75) is 12.3 Å². The average molecular weight is 282 g/mol. The molecule has 6 heteroatoms. The zero-order chi connectivity index (χ0) is 13.0. The van der Waals surface area contributed by atoms with Crippen LogP contribution in [0.25, 0.3) is 0 Å². The fraction of sp³-hybridized carbons (Fsp3) is 0.167. The van der Waals surface area contributed by atoms with Crippen LogP contribution >= 0.6 is 11.3 Å². The Kier molecular flexibility index (Phi) is 4.00. The van der Waals surface area contributed by atoms with E-state index < -0.39 is 10.0 Å². The van der Waals surface area contributed by atoms with Gasteiger partial charge in [-0.15, -0.1) is 11.3 Å². The number of sulfonamides is 1. The van der Waals surface area contributed by atoms with E-state index in [2.05, 4.69) is 4.72 Å². The molecule has 0 bridgehead atoms. The van der Waals surface area contributed by atoms with Crippen molar-refractivity contribution in [1.29, 1.82) is 0 Å². The molecule has 0 saturated heterocycles. The van der Waals surface area contributed by atoms with Gasteiger partial charge in [0.05, 0.1) is 5.75 Å². The fourth-order valence-corrected chi connectivity index (χ4v) is 3.40. The quantitative estimate of drug-likeness (QED) is 0.823. The van der Waals surface area contributed by atoms with Crippen LogP contribution in [0.4, 0.5) is 5.69 Å². The Balaban J connectivity index is 2.02. The Bertz CT molecular complexity index is 607. The molecule has 1 aromatic carbocycles. The summed E-state index contributed by atoms with van der Waals surface area (Å²) in [5.41, 5.74) is 6.85. The van der Waals surface area contributed by atoms with Gasteiger partial charge in [0.1, 0.15) is 0 Å². The number of hydrogen-bond acceptors (Lipinski definition) is 4. The highest BCUT2D eigenvalue weighted by molar-refractivity contribution is 7.88. The summed E-state index contributed by atoms with van der Waals surface area (Å²) in [6, 6.07) is 10.8. The van der Waals surface area contributed by atoms with E-state index in [0.717, 1.165) is 4.88 Å². The summed E-state index contributed by atoms with van der Waals surface area (Å²) >= 11 is 1.52. The molecule has 0 aliphatic rings. The van der Waals surface area contributed by atoms with Crippen molar-refractivity contribution in [1.82, 2.24) is 4.72 Å². The molecule has 2 aromatic rings. The smallest absolute Gasteiger partial charge is 0.216 e. The van der Waals surface area contributed by atoms with E-state index in [9.17, 15) is 8.42 Å². The molecule has 0 atom stereocenters. The Morgan fingerprint density at radius 1 is 1.17 bits per heavy atom. The first kappa shape index (κ1) is 13.1. The number of hydrogen-bond donors (Lipinski definition) is 2. The van der Waals surface area contributed by atoms with E-state index >= 15 is 0 Å². The summed E-state index contributed by atoms with van der Waals surface area (Å²) in [6.07, 6.45) is 0. The number of nitrogen functional groups attached to an aromatic ring is 1. The zero-order valence-electron chi connectivity index (χ0n) is 9.67. The van der Waals surface area contributed by atoms with Crippen LogP contribution in [0.1, 0.15) is 10.4 Å². The molecule has 96 valence electrons. The normalized spacial score (nSPS) is 11.6. The Labute approximate surface area is 111 Å². The van der Waals surface area contributed by atoms with E-state index in [-0.39, 0.29) is 5.75 Å². The SMILES string of the molecule is Nc1ccccc1CS(=O)(=O)NCc1cccs1. The van der Waals surface area contributed by atoms with E-state index in [1.807, 2.05) is 17.5 Å². The van der Waals surface area contributed by atoms with Gasteiger partial charge < -0.3 is 5.73 Å². The first-order valence-corrected chi connectivity index (χ1v) is 7.93. The van der Waals surface area contributed by atoms with Gasteiger partial charge >= 0.3 is 0 Å². The van der Waals surface area contributed by atoms with E-state index in [1.54, 1.807) is 24.3 Å². The molecule has 0 aliphatic carbocycles. The third-order valence-electron chi connectivity index (χ3n) is 2.45. The second-order valence-corrected chi connectivity index (χ2v) is 6.70. The maximum absolute atomic E-state index is 11.9. The highest BCUT2D eigenvalue weighted by Gasteiger charge is 2.13. The summed E-state index contributed by atoms with van der Waals surface area (Å²) in [4.78, 5) is 0.986. The van der Waals surface area contributed by atoms with Gasteiger partial charge in [0, 0.05) is 17.1 Å². The second-order valence-electron chi connectivity index (χ2n) is 3.86. The summed E-state index contributed by atoms with van der Waals surface area (Å²) in [7, 11) is -3.36. The molecule has 4 nitrogen and oxygen atoms in total. The number of nitrogens with two attached hydrogens (primary N) is 1. The van der Waals surface area contributed by atoms with Crippen LogP contribution in [0.15, 0.2) is 41.8 Å². The lowest BCUT2D eigenvalue weighted by Crippen LogP contribution is -2.24. The van der Waals surface area contributed by atoms with Crippen molar-refractivity contribution in [2.75, 3.05) is 5.73 Å². The van der Waals surface area contributed by atoms with E-state index in [1.165, 1.54) is 11.3 Å². The van der Waals surface area contributed by atoms with Crippen LogP contribution in [0.5, 0.6) is 0 Å². The molecular formula is C12H14N2O2S2. The van der Waals surface area contributed by atoms with E-state index in [0.29, 0.717) is 17.8 Å². The van der Waals surface area contributed by atoms with Gasteiger partial charge in [-0.2, -0.15) is 0 Å². The van der Waals surface area contributed by atoms with Crippen LogP contribution in [0.2, 0.25) is 0 Å². The third-order valence-corrected chi connectivity index (χ3v) is 4.60.